The van der Waals surface area contributed by atoms with Crippen LogP contribution in [0.4, 0.5) is 10.1 Å². The molecule has 0 aliphatic rings. The number of hydrogen-bond donors (Lipinski definition) is 1. The van der Waals surface area contributed by atoms with Crippen LogP contribution in [-0.4, -0.2) is 5.91 Å². The van der Waals surface area contributed by atoms with Gasteiger partial charge in [0, 0.05) is 21.3 Å². The number of anilines is 1. The van der Waals surface area contributed by atoms with Gasteiger partial charge in [-0.05, 0) is 43.7 Å². The summed E-state index contributed by atoms with van der Waals surface area (Å²) in [6.45, 7) is 3.37. The first kappa shape index (κ1) is 15.2. The zero-order valence-corrected chi connectivity index (χ0v) is 13.1. The topological polar surface area (TPSA) is 52.9 Å². The van der Waals surface area contributed by atoms with E-state index in [-0.39, 0.29) is 11.5 Å². The normalized spacial score (nSPS) is 10.0. The van der Waals surface area contributed by atoms with Gasteiger partial charge in [-0.3, -0.25) is 4.79 Å². The third-order valence-electron chi connectivity index (χ3n) is 3.23. The van der Waals surface area contributed by atoms with Crippen molar-refractivity contribution in [2.24, 2.45) is 0 Å². The molecule has 0 saturated heterocycles. The summed E-state index contributed by atoms with van der Waals surface area (Å²) < 4.78 is 14.5. The predicted molar refractivity (Wildman–Crippen MR) is 82.7 cm³/mol. The van der Waals surface area contributed by atoms with Gasteiger partial charge in [-0.15, -0.1) is 0 Å². The molecule has 0 saturated carbocycles. The summed E-state index contributed by atoms with van der Waals surface area (Å²) in [5, 5.41) is 11.5. The number of amides is 1. The van der Waals surface area contributed by atoms with E-state index in [1.54, 1.807) is 19.1 Å². The van der Waals surface area contributed by atoms with E-state index in [0.29, 0.717) is 16.8 Å². The highest BCUT2D eigenvalue weighted by Crippen LogP contribution is 2.23. The summed E-state index contributed by atoms with van der Waals surface area (Å²) in [6, 6.07) is 9.77. The summed E-state index contributed by atoms with van der Waals surface area (Å²) in [5.74, 6) is -0.860. The summed E-state index contributed by atoms with van der Waals surface area (Å²) in [6.07, 6.45) is 0. The maximum Gasteiger partial charge on any atom is 0.255 e. The molecule has 0 atom stereocenters. The quantitative estimate of drug-likeness (QED) is 0.879. The maximum atomic E-state index is 13.7. The molecule has 0 radical (unpaired) electrons. The van der Waals surface area contributed by atoms with Crippen LogP contribution in [0.3, 0.4) is 0 Å². The largest absolute Gasteiger partial charge is 0.322 e. The Labute approximate surface area is 130 Å². The van der Waals surface area contributed by atoms with Gasteiger partial charge in [0.05, 0.1) is 11.6 Å². The van der Waals surface area contributed by atoms with Crippen molar-refractivity contribution in [3.63, 3.8) is 0 Å². The number of hydrogen-bond acceptors (Lipinski definition) is 2. The average molecular weight is 347 g/mol. The number of carbonyl (C=O) groups is 1. The lowest BCUT2D eigenvalue weighted by Gasteiger charge is -2.12. The lowest BCUT2D eigenvalue weighted by Crippen LogP contribution is -2.15. The molecule has 0 unspecified atom stereocenters. The van der Waals surface area contributed by atoms with Crippen molar-refractivity contribution in [1.82, 2.24) is 0 Å². The second-order valence-corrected chi connectivity index (χ2v) is 5.46. The predicted octanol–water partition coefficient (Wildman–Crippen LogP) is 4.33. The van der Waals surface area contributed by atoms with Crippen LogP contribution in [0.15, 0.2) is 34.8 Å². The van der Waals surface area contributed by atoms with Crippen molar-refractivity contribution in [2.45, 2.75) is 13.8 Å². The molecule has 5 heteroatoms. The number of halogens is 2. The van der Waals surface area contributed by atoms with Crippen LogP contribution in [-0.2, 0) is 0 Å². The number of nitrogens with zero attached hydrogens (tertiary/aromatic N) is 1. The van der Waals surface area contributed by atoms with Crippen LogP contribution in [0.2, 0.25) is 0 Å². The lowest BCUT2D eigenvalue weighted by molar-refractivity contribution is 0.102. The van der Waals surface area contributed by atoms with E-state index < -0.39 is 5.82 Å². The van der Waals surface area contributed by atoms with Gasteiger partial charge in [-0.1, -0.05) is 22.0 Å². The number of benzene rings is 2. The zero-order chi connectivity index (χ0) is 15.6. The van der Waals surface area contributed by atoms with Crippen molar-refractivity contribution in [3.8, 4) is 6.07 Å². The van der Waals surface area contributed by atoms with E-state index in [1.807, 2.05) is 19.1 Å². The van der Waals surface area contributed by atoms with Gasteiger partial charge >= 0.3 is 0 Å². The molecule has 1 amide bonds. The Hall–Kier alpha value is -2.19. The molecule has 0 spiro atoms. The highest BCUT2D eigenvalue weighted by atomic mass is 79.9. The first-order valence-electron chi connectivity index (χ1n) is 6.20. The number of nitrogens with one attached hydrogen (secondary N) is 1. The SMILES string of the molecule is Cc1c(F)cc(C#N)cc1NC(=O)c1cccc(Br)c1C. The Morgan fingerprint density at radius 2 is 2.00 bits per heavy atom. The van der Waals surface area contributed by atoms with Crippen LogP contribution in [0.1, 0.15) is 27.0 Å². The molecule has 106 valence electrons. The molecular formula is C16H12BrFN2O. The smallest absolute Gasteiger partial charge is 0.255 e. The highest BCUT2D eigenvalue weighted by Gasteiger charge is 2.14. The number of carbonyl (C=O) groups excluding carboxylic acids is 1. The van der Waals surface area contributed by atoms with Crippen molar-refractivity contribution < 1.29 is 9.18 Å². The molecule has 0 bridgehead atoms. The third-order valence-corrected chi connectivity index (χ3v) is 4.09. The molecule has 1 N–H and O–H groups in total. The fourth-order valence-corrected chi connectivity index (χ4v) is 2.28. The molecular weight excluding hydrogens is 335 g/mol. The van der Waals surface area contributed by atoms with Crippen molar-refractivity contribution in [3.05, 3.63) is 62.9 Å². The van der Waals surface area contributed by atoms with Gasteiger partial charge in [-0.2, -0.15) is 5.26 Å². The van der Waals surface area contributed by atoms with E-state index in [9.17, 15) is 9.18 Å². The highest BCUT2D eigenvalue weighted by molar-refractivity contribution is 9.10. The van der Waals surface area contributed by atoms with Crippen LogP contribution < -0.4 is 5.32 Å². The number of rotatable bonds is 2. The Kier molecular flexibility index (Phi) is 4.39. The lowest BCUT2D eigenvalue weighted by atomic mass is 10.1. The molecule has 0 aliphatic carbocycles. The van der Waals surface area contributed by atoms with Crippen LogP contribution in [0.5, 0.6) is 0 Å². The van der Waals surface area contributed by atoms with Gasteiger partial charge in [-0.25, -0.2) is 4.39 Å². The fraction of sp³-hybridized carbons (Fsp3) is 0.125. The fourth-order valence-electron chi connectivity index (χ4n) is 1.92. The zero-order valence-electron chi connectivity index (χ0n) is 11.5. The Balaban J connectivity index is 2.39. The van der Waals surface area contributed by atoms with E-state index in [4.69, 9.17) is 5.26 Å². The van der Waals surface area contributed by atoms with Gasteiger partial charge < -0.3 is 5.32 Å². The van der Waals surface area contributed by atoms with Crippen molar-refractivity contribution in [1.29, 1.82) is 5.26 Å². The monoisotopic (exact) mass is 346 g/mol. The Morgan fingerprint density at radius 1 is 1.29 bits per heavy atom. The van der Waals surface area contributed by atoms with Crippen LogP contribution >= 0.6 is 15.9 Å². The molecule has 0 aliphatic heterocycles. The summed E-state index contributed by atoms with van der Waals surface area (Å²) >= 11 is 3.37. The third kappa shape index (κ3) is 3.11. The molecule has 0 heterocycles. The minimum atomic E-state index is -0.518. The minimum absolute atomic E-state index is 0.166. The van der Waals surface area contributed by atoms with Crippen LogP contribution in [0.25, 0.3) is 0 Å². The molecule has 0 aromatic heterocycles. The molecule has 21 heavy (non-hydrogen) atoms. The Bertz CT molecular complexity index is 766. The Morgan fingerprint density at radius 3 is 2.67 bits per heavy atom. The summed E-state index contributed by atoms with van der Waals surface area (Å²) in [5.41, 5.74) is 2.06. The first-order chi connectivity index (χ1) is 9.93. The summed E-state index contributed by atoms with van der Waals surface area (Å²) in [7, 11) is 0. The van der Waals surface area contributed by atoms with E-state index in [0.717, 1.165) is 16.1 Å². The molecule has 2 rings (SSSR count). The van der Waals surface area contributed by atoms with E-state index >= 15 is 0 Å². The number of nitriles is 1. The minimum Gasteiger partial charge on any atom is -0.322 e. The standard InChI is InChI=1S/C16H12BrFN2O/c1-9-12(4-3-5-13(9)17)16(21)20-15-7-11(8-19)6-14(18)10(15)2/h3-7H,1-2H3,(H,20,21). The van der Waals surface area contributed by atoms with Crippen molar-refractivity contribution >= 4 is 27.5 Å². The summed E-state index contributed by atoms with van der Waals surface area (Å²) in [4.78, 5) is 12.3. The molecule has 2 aromatic carbocycles. The maximum absolute atomic E-state index is 13.7. The van der Waals surface area contributed by atoms with Gasteiger partial charge in [0.1, 0.15) is 5.82 Å². The van der Waals surface area contributed by atoms with Crippen molar-refractivity contribution in [2.75, 3.05) is 5.32 Å². The molecule has 3 nitrogen and oxygen atoms in total. The average Bonchev–Trinajstić information content (AvgIpc) is 2.46. The first-order valence-corrected chi connectivity index (χ1v) is 7.00. The second-order valence-electron chi connectivity index (χ2n) is 4.61. The second kappa shape index (κ2) is 6.06. The van der Waals surface area contributed by atoms with Gasteiger partial charge in [0.2, 0.25) is 0 Å². The molecule has 2 aromatic rings. The van der Waals surface area contributed by atoms with E-state index in [1.165, 1.54) is 6.07 Å². The van der Waals surface area contributed by atoms with E-state index in [2.05, 4.69) is 21.2 Å². The molecule has 0 fully saturated rings. The van der Waals surface area contributed by atoms with Crippen LogP contribution in [0, 0.1) is 31.0 Å². The van der Waals surface area contributed by atoms with Gasteiger partial charge in [0.25, 0.3) is 5.91 Å². The van der Waals surface area contributed by atoms with Gasteiger partial charge in [0.15, 0.2) is 0 Å².